The van der Waals surface area contributed by atoms with Gasteiger partial charge in [0, 0.05) is 24.8 Å². The lowest BCUT2D eigenvalue weighted by Crippen LogP contribution is -2.39. The minimum absolute atomic E-state index is 0.00593. The van der Waals surface area contributed by atoms with Crippen molar-refractivity contribution in [3.63, 3.8) is 0 Å². The number of nitrogens with one attached hydrogen (secondary N) is 1. The average molecular weight is 451 g/mol. The van der Waals surface area contributed by atoms with Gasteiger partial charge in [-0.05, 0) is 66.5 Å². The lowest BCUT2D eigenvalue weighted by atomic mass is 10.0. The molecule has 8 nitrogen and oxygen atoms in total. The number of benzene rings is 1. The monoisotopic (exact) mass is 450 g/mol. The summed E-state index contributed by atoms with van der Waals surface area (Å²) < 4.78 is 7.77. The summed E-state index contributed by atoms with van der Waals surface area (Å²) in [6, 6.07) is 8.69. The Labute approximate surface area is 194 Å². The molecule has 1 saturated carbocycles. The van der Waals surface area contributed by atoms with Crippen molar-refractivity contribution in [3.05, 3.63) is 51.6 Å². The summed E-state index contributed by atoms with van der Waals surface area (Å²) in [6.07, 6.45) is 7.95. The zero-order chi connectivity index (χ0) is 22.8. The summed E-state index contributed by atoms with van der Waals surface area (Å²) >= 11 is 0. The van der Waals surface area contributed by atoms with Crippen molar-refractivity contribution < 1.29 is 4.74 Å². The van der Waals surface area contributed by atoms with E-state index in [2.05, 4.69) is 44.5 Å². The van der Waals surface area contributed by atoms with Crippen molar-refractivity contribution >= 4 is 10.9 Å². The molecule has 1 saturated heterocycles. The zero-order valence-corrected chi connectivity index (χ0v) is 19.7. The minimum Gasteiger partial charge on any atom is -0.376 e. The van der Waals surface area contributed by atoms with E-state index in [9.17, 15) is 4.79 Å². The predicted octanol–water partition coefficient (Wildman–Crippen LogP) is 3.90. The van der Waals surface area contributed by atoms with E-state index < -0.39 is 0 Å². The van der Waals surface area contributed by atoms with Crippen LogP contribution >= 0.6 is 0 Å². The molecule has 0 bridgehead atoms. The van der Waals surface area contributed by atoms with Crippen LogP contribution in [-0.2, 0) is 17.8 Å². The molecule has 3 aromatic rings. The van der Waals surface area contributed by atoms with Crippen molar-refractivity contribution in [1.29, 1.82) is 0 Å². The Bertz CT molecular complexity index is 1140. The molecule has 2 atom stereocenters. The van der Waals surface area contributed by atoms with Gasteiger partial charge in [0.1, 0.15) is 0 Å². The first-order valence-corrected chi connectivity index (χ1v) is 12.4. The SMILES string of the molecule is CC[C@H](c1nnnn1C[C@H]1CCCO1)N(Cc1cc2cccc(C)c2[nH]c1=O)C1CCCC1. The van der Waals surface area contributed by atoms with Crippen molar-refractivity contribution in [2.45, 2.75) is 90.1 Å². The highest BCUT2D eigenvalue weighted by Gasteiger charge is 2.33. The van der Waals surface area contributed by atoms with Gasteiger partial charge in [-0.1, -0.05) is 38.0 Å². The number of para-hydroxylation sites is 1. The standard InChI is InChI=1S/C25H34N6O2/c1-3-22(24-27-28-29-31(24)16-21-12-7-13-33-21)30(20-10-4-5-11-20)15-19-14-18-9-6-8-17(2)23(18)26-25(19)32/h6,8-9,14,20-22H,3-5,7,10-13,15-16H2,1-2H3,(H,26,32)/t21-,22-/m1/s1. The highest BCUT2D eigenvalue weighted by molar-refractivity contribution is 5.81. The van der Waals surface area contributed by atoms with Crippen LogP contribution < -0.4 is 5.56 Å². The maximum atomic E-state index is 13.1. The van der Waals surface area contributed by atoms with Gasteiger partial charge in [-0.15, -0.1) is 5.10 Å². The summed E-state index contributed by atoms with van der Waals surface area (Å²) in [4.78, 5) is 18.7. The van der Waals surface area contributed by atoms with Gasteiger partial charge in [0.05, 0.1) is 24.2 Å². The van der Waals surface area contributed by atoms with Gasteiger partial charge < -0.3 is 9.72 Å². The number of fused-ring (bicyclic) bond motifs is 1. The second-order valence-corrected chi connectivity index (χ2v) is 9.55. The molecule has 33 heavy (non-hydrogen) atoms. The Balaban J connectivity index is 1.48. The molecule has 1 aliphatic carbocycles. The number of tetrazole rings is 1. The van der Waals surface area contributed by atoms with Crippen molar-refractivity contribution in [3.8, 4) is 0 Å². The highest BCUT2D eigenvalue weighted by atomic mass is 16.5. The number of nitrogens with zero attached hydrogens (tertiary/aromatic N) is 5. The number of hydrogen-bond donors (Lipinski definition) is 1. The van der Waals surface area contributed by atoms with Crippen LogP contribution in [0.3, 0.4) is 0 Å². The molecule has 1 aliphatic heterocycles. The first-order valence-electron chi connectivity index (χ1n) is 12.4. The van der Waals surface area contributed by atoms with E-state index in [-0.39, 0.29) is 17.7 Å². The smallest absolute Gasteiger partial charge is 0.252 e. The number of aryl methyl sites for hydroxylation is 1. The molecule has 2 aliphatic rings. The third-order valence-electron chi connectivity index (χ3n) is 7.36. The van der Waals surface area contributed by atoms with Gasteiger partial charge in [-0.3, -0.25) is 9.69 Å². The second-order valence-electron chi connectivity index (χ2n) is 9.55. The molecule has 5 rings (SSSR count). The summed E-state index contributed by atoms with van der Waals surface area (Å²) in [5.41, 5.74) is 2.81. The van der Waals surface area contributed by atoms with Crippen LogP contribution in [0.2, 0.25) is 0 Å². The van der Waals surface area contributed by atoms with E-state index in [4.69, 9.17) is 4.74 Å². The maximum absolute atomic E-state index is 13.1. The third kappa shape index (κ3) is 4.59. The number of rotatable bonds is 8. The van der Waals surface area contributed by atoms with Crippen LogP contribution in [0, 0.1) is 6.92 Å². The van der Waals surface area contributed by atoms with Crippen LogP contribution in [0.1, 0.15) is 74.9 Å². The van der Waals surface area contributed by atoms with E-state index in [0.717, 1.165) is 66.6 Å². The molecular weight excluding hydrogens is 416 g/mol. The van der Waals surface area contributed by atoms with E-state index in [1.54, 1.807) is 0 Å². The number of aromatic nitrogens is 5. The summed E-state index contributed by atoms with van der Waals surface area (Å²) in [5.74, 6) is 0.882. The van der Waals surface area contributed by atoms with Crippen LogP contribution in [-0.4, -0.2) is 48.8 Å². The fraction of sp³-hybridized carbons (Fsp3) is 0.600. The molecule has 0 spiro atoms. The van der Waals surface area contributed by atoms with E-state index >= 15 is 0 Å². The van der Waals surface area contributed by atoms with Gasteiger partial charge in [0.15, 0.2) is 5.82 Å². The molecule has 3 heterocycles. The zero-order valence-electron chi connectivity index (χ0n) is 19.7. The van der Waals surface area contributed by atoms with Crippen molar-refractivity contribution in [2.24, 2.45) is 0 Å². The molecule has 0 radical (unpaired) electrons. The molecule has 8 heteroatoms. The molecule has 2 aromatic heterocycles. The van der Waals surface area contributed by atoms with Crippen LogP contribution in [0.15, 0.2) is 29.1 Å². The maximum Gasteiger partial charge on any atom is 0.252 e. The molecule has 176 valence electrons. The molecule has 1 aromatic carbocycles. The topological polar surface area (TPSA) is 88.9 Å². The van der Waals surface area contributed by atoms with E-state index in [1.165, 1.54) is 12.8 Å². The Hall–Kier alpha value is -2.58. The van der Waals surface area contributed by atoms with Crippen molar-refractivity contribution in [2.75, 3.05) is 6.61 Å². The lowest BCUT2D eigenvalue weighted by Gasteiger charge is -2.35. The fourth-order valence-electron chi connectivity index (χ4n) is 5.60. The predicted molar refractivity (Wildman–Crippen MR) is 127 cm³/mol. The van der Waals surface area contributed by atoms with Crippen LogP contribution in [0.5, 0.6) is 0 Å². The summed E-state index contributed by atoms with van der Waals surface area (Å²) in [5, 5.41) is 13.9. The Morgan fingerprint density at radius 1 is 1.24 bits per heavy atom. The van der Waals surface area contributed by atoms with E-state index in [1.807, 2.05) is 23.7 Å². The highest BCUT2D eigenvalue weighted by Crippen LogP contribution is 2.34. The molecular formula is C25H34N6O2. The molecule has 2 fully saturated rings. The van der Waals surface area contributed by atoms with Crippen molar-refractivity contribution in [1.82, 2.24) is 30.1 Å². The summed E-state index contributed by atoms with van der Waals surface area (Å²) in [7, 11) is 0. The number of hydrogen-bond acceptors (Lipinski definition) is 6. The van der Waals surface area contributed by atoms with Gasteiger partial charge in [0.2, 0.25) is 0 Å². The largest absolute Gasteiger partial charge is 0.376 e. The summed E-state index contributed by atoms with van der Waals surface area (Å²) in [6.45, 7) is 6.32. The van der Waals surface area contributed by atoms with E-state index in [0.29, 0.717) is 19.1 Å². The van der Waals surface area contributed by atoms with Gasteiger partial charge in [0.25, 0.3) is 5.56 Å². The number of ether oxygens (including phenoxy) is 1. The number of aromatic amines is 1. The second kappa shape index (κ2) is 9.73. The van der Waals surface area contributed by atoms with Crippen LogP contribution in [0.25, 0.3) is 10.9 Å². The Morgan fingerprint density at radius 2 is 2.09 bits per heavy atom. The first-order chi connectivity index (χ1) is 16.1. The lowest BCUT2D eigenvalue weighted by molar-refractivity contribution is 0.0839. The average Bonchev–Trinajstić information content (AvgIpc) is 3.59. The van der Waals surface area contributed by atoms with Crippen LogP contribution in [0.4, 0.5) is 0 Å². The van der Waals surface area contributed by atoms with Gasteiger partial charge in [-0.2, -0.15) is 0 Å². The Morgan fingerprint density at radius 3 is 2.85 bits per heavy atom. The number of H-pyrrole nitrogens is 1. The number of pyridine rings is 1. The minimum atomic E-state index is -0.00593. The first kappa shape index (κ1) is 22.2. The molecule has 1 N–H and O–H groups in total. The quantitative estimate of drug-likeness (QED) is 0.560. The molecule has 0 amide bonds. The molecule has 0 unspecified atom stereocenters. The fourth-order valence-corrected chi connectivity index (χ4v) is 5.60. The third-order valence-corrected chi connectivity index (χ3v) is 7.36. The van der Waals surface area contributed by atoms with Gasteiger partial charge in [-0.25, -0.2) is 4.68 Å². The normalized spacial score (nSPS) is 20.3. The van der Waals surface area contributed by atoms with Gasteiger partial charge >= 0.3 is 0 Å². The Kier molecular flexibility index (Phi) is 6.55.